The van der Waals surface area contributed by atoms with E-state index in [-0.39, 0.29) is 11.3 Å². The smallest absolute Gasteiger partial charge is 0.227 e. The van der Waals surface area contributed by atoms with E-state index >= 15 is 0 Å². The van der Waals surface area contributed by atoms with E-state index in [1.807, 2.05) is 41.9 Å². The van der Waals surface area contributed by atoms with Crippen molar-refractivity contribution in [2.75, 3.05) is 31.1 Å². The molecule has 2 aliphatic heterocycles. The van der Waals surface area contributed by atoms with Crippen LogP contribution in [-0.2, 0) is 16.6 Å². The van der Waals surface area contributed by atoms with Gasteiger partial charge in [0.15, 0.2) is 0 Å². The van der Waals surface area contributed by atoms with Crippen LogP contribution in [0.25, 0.3) is 16.3 Å². The molecule has 7 heteroatoms. The summed E-state index contributed by atoms with van der Waals surface area (Å²) >= 11 is 13.9. The lowest BCUT2D eigenvalue weighted by atomic mass is 9.74. The third kappa shape index (κ3) is 5.01. The Morgan fingerprint density at radius 2 is 1.84 bits per heavy atom. The van der Waals surface area contributed by atoms with Crippen LogP contribution in [-0.4, -0.2) is 42.0 Å². The number of carbonyl (C=O) groups excluding carboxylic acids is 1. The first kappa shape index (κ1) is 25.6. The lowest BCUT2D eigenvalue weighted by molar-refractivity contribution is -0.118. The van der Waals surface area contributed by atoms with Gasteiger partial charge in [-0.25, -0.2) is 4.98 Å². The Labute approximate surface area is 237 Å². The quantitative estimate of drug-likeness (QED) is 0.243. The van der Waals surface area contributed by atoms with Crippen LogP contribution in [0.1, 0.15) is 36.0 Å². The average Bonchev–Trinajstić information content (AvgIpc) is 3.54. The van der Waals surface area contributed by atoms with Crippen LogP contribution < -0.4 is 4.90 Å². The number of aromatic nitrogens is 1. The van der Waals surface area contributed by atoms with Crippen molar-refractivity contribution in [3.8, 4) is 0 Å². The molecule has 0 atom stereocenters. The molecule has 0 radical (unpaired) electrons. The van der Waals surface area contributed by atoms with Gasteiger partial charge in [-0.15, -0.1) is 11.3 Å². The predicted molar refractivity (Wildman–Crippen MR) is 160 cm³/mol. The highest BCUT2D eigenvalue weighted by atomic mass is 35.5. The summed E-state index contributed by atoms with van der Waals surface area (Å²) in [6, 6.07) is 20.3. The monoisotopic (exact) mass is 561 g/mol. The molecule has 1 saturated heterocycles. The highest BCUT2D eigenvalue weighted by Gasteiger charge is 2.47. The molecule has 4 nitrogen and oxygen atoms in total. The van der Waals surface area contributed by atoms with E-state index < -0.39 is 0 Å². The number of piperidine rings is 1. The number of nitrogens with zero attached hydrogens (tertiary/aromatic N) is 3. The fourth-order valence-electron chi connectivity index (χ4n) is 5.91. The summed E-state index contributed by atoms with van der Waals surface area (Å²) in [7, 11) is 0. The summed E-state index contributed by atoms with van der Waals surface area (Å²) < 4.78 is 1.20. The largest absolute Gasteiger partial charge is 0.311 e. The Balaban J connectivity index is 1.18. The first-order chi connectivity index (χ1) is 18.5. The molecule has 6 rings (SSSR count). The third-order valence-electron chi connectivity index (χ3n) is 7.96. The van der Waals surface area contributed by atoms with E-state index in [2.05, 4.69) is 46.2 Å². The number of fused-ring (bicyclic) bond motifs is 4. The zero-order valence-corrected chi connectivity index (χ0v) is 23.4. The van der Waals surface area contributed by atoms with Crippen LogP contribution in [0, 0.1) is 0 Å². The normalized spacial score (nSPS) is 17.1. The number of likely N-dealkylation sites (tertiary alicyclic amines) is 1. The first-order valence-corrected chi connectivity index (χ1v) is 14.7. The molecule has 0 unspecified atom stereocenters. The van der Waals surface area contributed by atoms with Crippen molar-refractivity contribution in [3.05, 3.63) is 99.0 Å². The molecule has 38 heavy (non-hydrogen) atoms. The minimum atomic E-state index is -0.0464. The second-order valence-corrected chi connectivity index (χ2v) is 12.0. The first-order valence-electron chi connectivity index (χ1n) is 13.1. The molecule has 4 aromatic rings. The molecule has 1 aromatic heterocycles. The molecule has 1 amide bonds. The maximum absolute atomic E-state index is 13.5. The van der Waals surface area contributed by atoms with Gasteiger partial charge >= 0.3 is 0 Å². The lowest BCUT2D eigenvalue weighted by Crippen LogP contribution is -2.46. The molecular formula is C31H29Cl2N3OS. The van der Waals surface area contributed by atoms with Crippen molar-refractivity contribution in [1.82, 2.24) is 9.88 Å². The van der Waals surface area contributed by atoms with Gasteiger partial charge in [0.1, 0.15) is 0 Å². The van der Waals surface area contributed by atoms with E-state index in [1.54, 1.807) is 11.3 Å². The van der Waals surface area contributed by atoms with E-state index in [0.29, 0.717) is 16.5 Å². The van der Waals surface area contributed by atoms with Crippen LogP contribution >= 0.6 is 34.5 Å². The lowest BCUT2D eigenvalue weighted by Gasteiger charge is -2.39. The average molecular weight is 563 g/mol. The van der Waals surface area contributed by atoms with E-state index in [1.165, 1.54) is 15.8 Å². The summed E-state index contributed by atoms with van der Waals surface area (Å²) in [5.41, 5.74) is 7.57. The Morgan fingerprint density at radius 3 is 2.63 bits per heavy atom. The standard InChI is InChI=1S/C31H29Cl2N3OS/c32-24-10-8-23(19-25(24)33)7-4-16-35-17-14-31(15-18-35)20-36(28(37)13-9-22-5-2-1-3-6-22)26-11-12-27-30(29(26)31)34-21-38-27/h1-8,10-12,19,21H,9,13-18,20H2/b7-4+. The van der Waals surface area contributed by atoms with Crippen LogP contribution in [0.4, 0.5) is 5.69 Å². The molecule has 0 bridgehead atoms. The van der Waals surface area contributed by atoms with Gasteiger partial charge in [-0.2, -0.15) is 0 Å². The molecular weight excluding hydrogens is 533 g/mol. The van der Waals surface area contributed by atoms with Crippen molar-refractivity contribution >= 4 is 62.4 Å². The Hall–Kier alpha value is -2.70. The zero-order chi connectivity index (χ0) is 26.1. The van der Waals surface area contributed by atoms with Gasteiger partial charge < -0.3 is 4.90 Å². The predicted octanol–water partition coefficient (Wildman–Crippen LogP) is 7.63. The van der Waals surface area contributed by atoms with Gasteiger partial charge in [0.2, 0.25) is 5.91 Å². The molecule has 3 heterocycles. The number of halogens is 2. The van der Waals surface area contributed by atoms with Crippen molar-refractivity contribution in [3.63, 3.8) is 0 Å². The Kier molecular flexibility index (Phi) is 7.28. The van der Waals surface area contributed by atoms with E-state index in [4.69, 9.17) is 28.2 Å². The second-order valence-electron chi connectivity index (χ2n) is 10.3. The van der Waals surface area contributed by atoms with Crippen molar-refractivity contribution in [2.45, 2.75) is 31.1 Å². The van der Waals surface area contributed by atoms with E-state index in [9.17, 15) is 4.79 Å². The molecule has 3 aromatic carbocycles. The Bertz CT molecular complexity index is 1490. The topological polar surface area (TPSA) is 36.4 Å². The van der Waals surface area contributed by atoms with Gasteiger partial charge in [0.25, 0.3) is 0 Å². The number of hydrogen-bond acceptors (Lipinski definition) is 4. The van der Waals surface area contributed by atoms with Crippen LogP contribution in [0.5, 0.6) is 0 Å². The summed E-state index contributed by atoms with van der Waals surface area (Å²) in [6.45, 7) is 3.60. The van der Waals surface area contributed by atoms with Crippen molar-refractivity contribution in [1.29, 1.82) is 0 Å². The summed E-state index contributed by atoms with van der Waals surface area (Å²) in [5, 5.41) is 1.15. The molecule has 1 spiro atoms. The summed E-state index contributed by atoms with van der Waals surface area (Å²) in [4.78, 5) is 22.9. The number of amides is 1. The molecule has 1 fully saturated rings. The number of carbonyl (C=O) groups is 1. The second kappa shape index (κ2) is 10.8. The van der Waals surface area contributed by atoms with Crippen LogP contribution in [0.2, 0.25) is 10.0 Å². The number of hydrogen-bond donors (Lipinski definition) is 0. The molecule has 0 N–H and O–H groups in total. The zero-order valence-electron chi connectivity index (χ0n) is 21.1. The number of aryl methyl sites for hydroxylation is 1. The van der Waals surface area contributed by atoms with Crippen LogP contribution in [0.15, 0.2) is 72.3 Å². The van der Waals surface area contributed by atoms with E-state index in [0.717, 1.165) is 62.2 Å². The van der Waals surface area contributed by atoms with Gasteiger partial charge in [0, 0.05) is 36.2 Å². The minimum Gasteiger partial charge on any atom is -0.311 e. The third-order valence-corrected chi connectivity index (χ3v) is 9.50. The number of rotatable bonds is 6. The highest BCUT2D eigenvalue weighted by molar-refractivity contribution is 7.16. The van der Waals surface area contributed by atoms with Gasteiger partial charge in [-0.3, -0.25) is 9.69 Å². The SMILES string of the molecule is O=C(CCc1ccccc1)N1CC2(CCN(C/C=C/c3ccc(Cl)c(Cl)c3)CC2)c2c1ccc1scnc21. The fraction of sp³-hybridized carbons (Fsp3) is 0.290. The maximum Gasteiger partial charge on any atom is 0.227 e. The number of benzene rings is 3. The van der Waals surface area contributed by atoms with Gasteiger partial charge in [-0.1, -0.05) is 71.8 Å². The summed E-state index contributed by atoms with van der Waals surface area (Å²) in [6.07, 6.45) is 7.59. The van der Waals surface area contributed by atoms with Crippen molar-refractivity contribution < 1.29 is 4.79 Å². The summed E-state index contributed by atoms with van der Waals surface area (Å²) in [5.74, 6) is 0.202. The number of thiazole rings is 1. The molecule has 194 valence electrons. The molecule has 0 aliphatic carbocycles. The van der Waals surface area contributed by atoms with Gasteiger partial charge in [-0.05, 0) is 67.7 Å². The van der Waals surface area contributed by atoms with Crippen molar-refractivity contribution in [2.24, 2.45) is 0 Å². The van der Waals surface area contributed by atoms with Gasteiger partial charge in [0.05, 0.1) is 25.8 Å². The minimum absolute atomic E-state index is 0.0464. The maximum atomic E-state index is 13.5. The molecule has 0 saturated carbocycles. The van der Waals surface area contributed by atoms with Crippen LogP contribution in [0.3, 0.4) is 0 Å². The highest BCUT2D eigenvalue weighted by Crippen LogP contribution is 2.50. The fourth-order valence-corrected chi connectivity index (χ4v) is 6.91. The molecule has 2 aliphatic rings. The number of anilines is 1. The Morgan fingerprint density at radius 1 is 1.03 bits per heavy atom.